The quantitative estimate of drug-likeness (QED) is 0.671. The molecular formula is C11H8ClN5S. The molecule has 7 heteroatoms. The fraction of sp³-hybridized carbons (Fsp3) is 0. The summed E-state index contributed by atoms with van der Waals surface area (Å²) in [5.41, 5.74) is 7.91. The van der Waals surface area contributed by atoms with E-state index in [1.807, 2.05) is 28.8 Å². The molecule has 0 aliphatic heterocycles. The number of halogens is 1. The maximum atomic E-state index is 5.86. The second-order valence-corrected chi connectivity index (χ2v) is 4.54. The van der Waals surface area contributed by atoms with Gasteiger partial charge in [-0.1, -0.05) is 23.8 Å². The van der Waals surface area contributed by atoms with Crippen molar-refractivity contribution in [2.24, 2.45) is 0 Å². The highest BCUT2D eigenvalue weighted by Crippen LogP contribution is 2.19. The van der Waals surface area contributed by atoms with Gasteiger partial charge >= 0.3 is 0 Å². The summed E-state index contributed by atoms with van der Waals surface area (Å²) in [6.45, 7) is 0. The van der Waals surface area contributed by atoms with E-state index < -0.39 is 0 Å². The molecule has 90 valence electrons. The van der Waals surface area contributed by atoms with Gasteiger partial charge in [0, 0.05) is 10.7 Å². The smallest absolute Gasteiger partial charge is 0.200 e. The molecule has 0 fully saturated rings. The van der Waals surface area contributed by atoms with E-state index in [1.165, 1.54) is 0 Å². The van der Waals surface area contributed by atoms with Crippen LogP contribution in [0.25, 0.3) is 16.9 Å². The molecule has 3 rings (SSSR count). The lowest BCUT2D eigenvalue weighted by atomic mass is 10.3. The number of imidazole rings is 1. The molecule has 5 nitrogen and oxygen atoms in total. The highest BCUT2D eigenvalue weighted by molar-refractivity contribution is 7.71. The van der Waals surface area contributed by atoms with Gasteiger partial charge in [-0.3, -0.25) is 4.57 Å². The lowest BCUT2D eigenvalue weighted by Gasteiger charge is -2.04. The molecule has 0 saturated heterocycles. The number of nitrogens with zero attached hydrogens (tertiary/aromatic N) is 3. The first-order valence-corrected chi connectivity index (χ1v) is 5.92. The lowest BCUT2D eigenvalue weighted by molar-refractivity contribution is 1.06. The molecule has 0 unspecified atom stereocenters. The Kier molecular flexibility index (Phi) is 2.53. The van der Waals surface area contributed by atoms with Crippen molar-refractivity contribution in [2.75, 3.05) is 5.73 Å². The third-order valence-corrected chi connectivity index (χ3v) is 3.08. The summed E-state index contributed by atoms with van der Waals surface area (Å²) >= 11 is 11.0. The van der Waals surface area contributed by atoms with Crippen LogP contribution in [0.5, 0.6) is 0 Å². The van der Waals surface area contributed by atoms with Crippen LogP contribution < -0.4 is 5.73 Å². The highest BCUT2D eigenvalue weighted by atomic mass is 35.5. The minimum atomic E-state index is 0.267. The van der Waals surface area contributed by atoms with Crippen molar-refractivity contribution in [3.63, 3.8) is 0 Å². The molecule has 18 heavy (non-hydrogen) atoms. The highest BCUT2D eigenvalue weighted by Gasteiger charge is 2.08. The van der Waals surface area contributed by atoms with Crippen LogP contribution in [0.4, 0.5) is 5.95 Å². The van der Waals surface area contributed by atoms with Crippen molar-refractivity contribution in [1.82, 2.24) is 19.5 Å². The Bertz CT molecular complexity index is 774. The zero-order chi connectivity index (χ0) is 12.7. The van der Waals surface area contributed by atoms with Crippen molar-refractivity contribution in [3.8, 4) is 5.69 Å². The molecular weight excluding hydrogens is 270 g/mol. The molecule has 0 spiro atoms. The van der Waals surface area contributed by atoms with E-state index in [2.05, 4.69) is 15.0 Å². The van der Waals surface area contributed by atoms with Gasteiger partial charge in [0.15, 0.2) is 10.6 Å². The van der Waals surface area contributed by atoms with Crippen LogP contribution in [0.3, 0.4) is 0 Å². The van der Waals surface area contributed by atoms with Crippen LogP contribution in [0.1, 0.15) is 0 Å². The summed E-state index contributed by atoms with van der Waals surface area (Å²) < 4.78 is 2.23. The summed E-state index contributed by atoms with van der Waals surface area (Å²) in [6.07, 6.45) is 1.67. The molecule has 0 aliphatic carbocycles. The summed E-state index contributed by atoms with van der Waals surface area (Å²) in [5.74, 6) is 0.267. The Morgan fingerprint density at radius 2 is 2.00 bits per heavy atom. The van der Waals surface area contributed by atoms with Gasteiger partial charge in [0.2, 0.25) is 0 Å². The maximum absolute atomic E-state index is 5.86. The Labute approximate surface area is 112 Å². The largest absolute Gasteiger partial charge is 0.369 e. The number of nitrogens with two attached hydrogens (primary N) is 1. The van der Waals surface area contributed by atoms with E-state index >= 15 is 0 Å². The molecule has 0 aliphatic rings. The van der Waals surface area contributed by atoms with Gasteiger partial charge < -0.3 is 10.7 Å². The number of rotatable bonds is 1. The van der Waals surface area contributed by atoms with Crippen LogP contribution in [-0.2, 0) is 0 Å². The Hall–Kier alpha value is -1.92. The molecule has 3 aromatic rings. The first-order chi connectivity index (χ1) is 8.65. The molecule has 3 N–H and O–H groups in total. The average molecular weight is 278 g/mol. The van der Waals surface area contributed by atoms with E-state index in [1.54, 1.807) is 6.33 Å². The van der Waals surface area contributed by atoms with E-state index in [4.69, 9.17) is 29.6 Å². The van der Waals surface area contributed by atoms with E-state index in [0.717, 1.165) is 11.3 Å². The Morgan fingerprint density at radius 3 is 2.72 bits per heavy atom. The maximum Gasteiger partial charge on any atom is 0.200 e. The summed E-state index contributed by atoms with van der Waals surface area (Å²) in [5, 5.41) is 0.678. The number of anilines is 1. The molecule has 2 heterocycles. The summed E-state index contributed by atoms with van der Waals surface area (Å²) in [7, 11) is 0. The van der Waals surface area contributed by atoms with Crippen LogP contribution in [0.2, 0.25) is 5.02 Å². The summed E-state index contributed by atoms with van der Waals surface area (Å²) in [4.78, 5) is 11.2. The second kappa shape index (κ2) is 4.08. The lowest BCUT2D eigenvalue weighted by Crippen LogP contribution is -1.99. The third-order valence-electron chi connectivity index (χ3n) is 2.54. The van der Waals surface area contributed by atoms with Gasteiger partial charge in [0.05, 0.1) is 0 Å². The fourth-order valence-corrected chi connectivity index (χ4v) is 2.11. The van der Waals surface area contributed by atoms with Gasteiger partial charge in [0.25, 0.3) is 0 Å². The van der Waals surface area contributed by atoms with Crippen molar-refractivity contribution < 1.29 is 0 Å². The van der Waals surface area contributed by atoms with Gasteiger partial charge in [-0.15, -0.1) is 0 Å². The Morgan fingerprint density at radius 1 is 1.28 bits per heavy atom. The molecule has 1 aromatic carbocycles. The number of aromatic nitrogens is 4. The van der Waals surface area contributed by atoms with Crippen molar-refractivity contribution in [2.45, 2.75) is 0 Å². The number of nitrogen functional groups attached to an aromatic ring is 1. The van der Waals surface area contributed by atoms with Crippen LogP contribution in [-0.4, -0.2) is 19.5 Å². The molecule has 0 bridgehead atoms. The standard InChI is InChI=1S/C11H8ClN5S/c12-6-1-3-7(4-2-6)17-5-14-8-9(17)15-11(13)16-10(8)18/h1-5H,(H3,13,15,16,18). The van der Waals surface area contributed by atoms with Crippen LogP contribution in [0, 0.1) is 4.64 Å². The van der Waals surface area contributed by atoms with E-state index in [9.17, 15) is 0 Å². The number of benzene rings is 1. The van der Waals surface area contributed by atoms with Crippen molar-refractivity contribution in [3.05, 3.63) is 40.3 Å². The summed E-state index contributed by atoms with van der Waals surface area (Å²) in [6, 6.07) is 7.39. The predicted octanol–water partition coefficient (Wildman–Crippen LogP) is 2.71. The molecule has 2 aromatic heterocycles. The molecule has 0 saturated carbocycles. The van der Waals surface area contributed by atoms with E-state index in [0.29, 0.717) is 15.2 Å². The van der Waals surface area contributed by atoms with Crippen LogP contribution >= 0.6 is 23.8 Å². The monoisotopic (exact) mass is 277 g/mol. The number of aromatic amines is 1. The predicted molar refractivity (Wildman–Crippen MR) is 73.5 cm³/mol. The second-order valence-electron chi connectivity index (χ2n) is 3.72. The van der Waals surface area contributed by atoms with E-state index in [-0.39, 0.29) is 5.95 Å². The molecule has 0 atom stereocenters. The van der Waals surface area contributed by atoms with Gasteiger partial charge in [0.1, 0.15) is 17.5 Å². The third kappa shape index (κ3) is 1.75. The Balaban J connectivity index is 2.30. The number of fused-ring (bicyclic) bond motifs is 1. The minimum Gasteiger partial charge on any atom is -0.369 e. The van der Waals surface area contributed by atoms with Gasteiger partial charge in [-0.2, -0.15) is 0 Å². The van der Waals surface area contributed by atoms with Crippen LogP contribution in [0.15, 0.2) is 30.6 Å². The first kappa shape index (κ1) is 11.2. The minimum absolute atomic E-state index is 0.267. The number of hydrogen-bond acceptors (Lipinski definition) is 4. The topological polar surface area (TPSA) is 72.5 Å². The van der Waals surface area contributed by atoms with Crippen molar-refractivity contribution >= 4 is 40.9 Å². The zero-order valence-corrected chi connectivity index (χ0v) is 10.7. The molecule has 0 amide bonds. The molecule has 0 radical (unpaired) electrons. The van der Waals surface area contributed by atoms with Crippen molar-refractivity contribution in [1.29, 1.82) is 0 Å². The number of nitrogens with one attached hydrogen (secondary N) is 1. The fourth-order valence-electron chi connectivity index (χ4n) is 1.73. The zero-order valence-electron chi connectivity index (χ0n) is 9.09. The van der Waals surface area contributed by atoms with Gasteiger partial charge in [-0.25, -0.2) is 9.97 Å². The number of H-pyrrole nitrogens is 1. The number of hydrogen-bond donors (Lipinski definition) is 2. The van der Waals surface area contributed by atoms with Gasteiger partial charge in [-0.05, 0) is 24.3 Å². The average Bonchev–Trinajstić information content (AvgIpc) is 2.74. The first-order valence-electron chi connectivity index (χ1n) is 5.14. The SMILES string of the molecule is Nc1nc(=S)c2ncn(-c3ccc(Cl)cc3)c2[nH]1. The normalized spacial score (nSPS) is 10.9.